The van der Waals surface area contributed by atoms with Crippen molar-refractivity contribution in [3.63, 3.8) is 0 Å². The number of hydrogen-bond donors (Lipinski definition) is 1. The van der Waals surface area contributed by atoms with Crippen LogP contribution in [0.2, 0.25) is 0 Å². The fourth-order valence-corrected chi connectivity index (χ4v) is 3.26. The molecule has 112 valence electrons. The molecule has 0 radical (unpaired) electrons. The molecule has 1 aliphatic carbocycles. The van der Waals surface area contributed by atoms with Gasteiger partial charge in [0.15, 0.2) is 0 Å². The second-order valence-electron chi connectivity index (χ2n) is 6.28. The summed E-state index contributed by atoms with van der Waals surface area (Å²) in [5.74, 6) is 1.15. The van der Waals surface area contributed by atoms with Crippen molar-refractivity contribution in [2.24, 2.45) is 11.8 Å². The Morgan fingerprint density at radius 1 is 1.35 bits per heavy atom. The van der Waals surface area contributed by atoms with Gasteiger partial charge in [0.25, 0.3) is 0 Å². The molecule has 1 aromatic rings. The summed E-state index contributed by atoms with van der Waals surface area (Å²) in [6, 6.07) is 7.16. The summed E-state index contributed by atoms with van der Waals surface area (Å²) < 4.78 is 13.9. The van der Waals surface area contributed by atoms with Gasteiger partial charge in [-0.2, -0.15) is 0 Å². The maximum absolute atomic E-state index is 13.9. The molecule has 1 aromatic carbocycles. The maximum Gasteiger partial charge on any atom is 0.127 e. The molecule has 0 aromatic heterocycles. The Labute approximate surface area is 122 Å². The van der Waals surface area contributed by atoms with E-state index in [0.717, 1.165) is 18.0 Å². The van der Waals surface area contributed by atoms with Crippen LogP contribution in [-0.4, -0.2) is 32.1 Å². The predicted octanol–water partition coefficient (Wildman–Crippen LogP) is 3.45. The first-order chi connectivity index (χ1) is 9.61. The normalized spacial score (nSPS) is 18.9. The number of benzene rings is 1. The lowest BCUT2D eigenvalue weighted by Gasteiger charge is -2.33. The van der Waals surface area contributed by atoms with E-state index in [1.165, 1.54) is 25.8 Å². The summed E-state index contributed by atoms with van der Waals surface area (Å²) in [6.45, 7) is 4.37. The van der Waals surface area contributed by atoms with Crippen molar-refractivity contribution < 1.29 is 4.39 Å². The van der Waals surface area contributed by atoms with Crippen molar-refractivity contribution in [3.05, 3.63) is 35.6 Å². The minimum Gasteiger partial charge on any atom is -0.313 e. The molecule has 20 heavy (non-hydrogen) atoms. The van der Waals surface area contributed by atoms with E-state index in [1.807, 2.05) is 19.2 Å². The van der Waals surface area contributed by atoms with E-state index in [1.54, 1.807) is 12.1 Å². The summed E-state index contributed by atoms with van der Waals surface area (Å²) in [5, 5.41) is 3.28. The van der Waals surface area contributed by atoms with Crippen molar-refractivity contribution in [2.45, 2.75) is 32.2 Å². The minimum atomic E-state index is -0.111. The van der Waals surface area contributed by atoms with Gasteiger partial charge in [0, 0.05) is 24.7 Å². The van der Waals surface area contributed by atoms with Crippen LogP contribution in [0.25, 0.3) is 0 Å². The molecule has 2 nitrogen and oxygen atoms in total. The fourth-order valence-electron chi connectivity index (χ4n) is 3.26. The molecule has 1 fully saturated rings. The van der Waals surface area contributed by atoms with Crippen molar-refractivity contribution in [1.82, 2.24) is 10.2 Å². The van der Waals surface area contributed by atoms with E-state index in [9.17, 15) is 4.39 Å². The first kappa shape index (κ1) is 15.5. The van der Waals surface area contributed by atoms with Gasteiger partial charge in [-0.05, 0) is 44.8 Å². The highest BCUT2D eigenvalue weighted by Crippen LogP contribution is 2.28. The number of hydrogen-bond acceptors (Lipinski definition) is 2. The number of nitrogens with one attached hydrogen (secondary N) is 1. The molecule has 0 bridgehead atoms. The first-order valence-corrected chi connectivity index (χ1v) is 7.72. The van der Waals surface area contributed by atoms with Crippen LogP contribution in [0.15, 0.2) is 24.3 Å². The van der Waals surface area contributed by atoms with Gasteiger partial charge >= 0.3 is 0 Å². The van der Waals surface area contributed by atoms with E-state index in [2.05, 4.69) is 24.2 Å². The average Bonchev–Trinajstić information content (AvgIpc) is 2.37. The van der Waals surface area contributed by atoms with Gasteiger partial charge < -0.3 is 10.2 Å². The summed E-state index contributed by atoms with van der Waals surface area (Å²) in [6.07, 6.45) is 4.14. The van der Waals surface area contributed by atoms with Crippen LogP contribution in [0.3, 0.4) is 0 Å². The monoisotopic (exact) mass is 278 g/mol. The molecule has 2 atom stereocenters. The van der Waals surface area contributed by atoms with Crippen LogP contribution in [0.1, 0.15) is 37.8 Å². The van der Waals surface area contributed by atoms with Crippen LogP contribution >= 0.6 is 0 Å². The molecule has 2 unspecified atom stereocenters. The lowest BCUT2D eigenvalue weighted by Crippen LogP contribution is -2.36. The zero-order valence-corrected chi connectivity index (χ0v) is 12.9. The van der Waals surface area contributed by atoms with Gasteiger partial charge in [0.1, 0.15) is 5.82 Å². The molecular weight excluding hydrogens is 251 g/mol. The Hall–Kier alpha value is -0.930. The van der Waals surface area contributed by atoms with Crippen molar-refractivity contribution in [1.29, 1.82) is 0 Å². The van der Waals surface area contributed by atoms with Crippen molar-refractivity contribution >= 4 is 0 Å². The SMILES string of the molecule is CNC(c1ccccc1F)C(C)CN(C)CC1CCC1. The molecule has 1 saturated carbocycles. The summed E-state index contributed by atoms with van der Waals surface area (Å²) in [4.78, 5) is 2.40. The van der Waals surface area contributed by atoms with Crippen LogP contribution < -0.4 is 5.32 Å². The molecule has 1 N–H and O–H groups in total. The molecule has 0 amide bonds. The largest absolute Gasteiger partial charge is 0.313 e. The van der Waals surface area contributed by atoms with Crippen LogP contribution in [-0.2, 0) is 0 Å². The Balaban J connectivity index is 1.94. The highest BCUT2D eigenvalue weighted by molar-refractivity contribution is 5.21. The van der Waals surface area contributed by atoms with Gasteiger partial charge in [-0.3, -0.25) is 0 Å². The summed E-state index contributed by atoms with van der Waals surface area (Å²) in [5.41, 5.74) is 0.777. The lowest BCUT2D eigenvalue weighted by atomic mass is 9.85. The van der Waals surface area contributed by atoms with Crippen molar-refractivity contribution in [3.8, 4) is 0 Å². The van der Waals surface area contributed by atoms with Gasteiger partial charge in [-0.15, -0.1) is 0 Å². The first-order valence-electron chi connectivity index (χ1n) is 7.72. The zero-order chi connectivity index (χ0) is 14.5. The Kier molecular flexibility index (Phi) is 5.55. The highest BCUT2D eigenvalue weighted by Gasteiger charge is 2.24. The average molecular weight is 278 g/mol. The minimum absolute atomic E-state index is 0.0695. The van der Waals surface area contributed by atoms with E-state index >= 15 is 0 Å². The molecular formula is C17H27FN2. The lowest BCUT2D eigenvalue weighted by molar-refractivity contribution is 0.176. The second kappa shape index (κ2) is 7.19. The molecule has 0 heterocycles. The van der Waals surface area contributed by atoms with Gasteiger partial charge in [-0.25, -0.2) is 4.39 Å². The van der Waals surface area contributed by atoms with E-state index < -0.39 is 0 Å². The van der Waals surface area contributed by atoms with Crippen LogP contribution in [0.5, 0.6) is 0 Å². The Bertz CT molecular complexity index is 417. The molecule has 1 aliphatic rings. The van der Waals surface area contributed by atoms with E-state index in [4.69, 9.17) is 0 Å². The summed E-state index contributed by atoms with van der Waals surface area (Å²) in [7, 11) is 4.10. The van der Waals surface area contributed by atoms with Gasteiger partial charge in [0.05, 0.1) is 0 Å². The van der Waals surface area contributed by atoms with Gasteiger partial charge in [-0.1, -0.05) is 31.5 Å². The second-order valence-corrected chi connectivity index (χ2v) is 6.28. The molecule has 0 spiro atoms. The number of rotatable bonds is 7. The van der Waals surface area contributed by atoms with E-state index in [-0.39, 0.29) is 11.9 Å². The van der Waals surface area contributed by atoms with Crippen LogP contribution in [0.4, 0.5) is 4.39 Å². The molecule has 3 heteroatoms. The number of halogens is 1. The third-order valence-corrected chi connectivity index (χ3v) is 4.51. The fraction of sp³-hybridized carbons (Fsp3) is 0.647. The molecule has 0 aliphatic heterocycles. The third-order valence-electron chi connectivity index (χ3n) is 4.51. The van der Waals surface area contributed by atoms with Gasteiger partial charge in [0.2, 0.25) is 0 Å². The highest BCUT2D eigenvalue weighted by atomic mass is 19.1. The summed E-state index contributed by atoms with van der Waals surface area (Å²) >= 11 is 0. The Morgan fingerprint density at radius 3 is 2.60 bits per heavy atom. The third kappa shape index (κ3) is 3.80. The standard InChI is InChI=1S/C17H27FN2/c1-13(11-20(3)12-14-7-6-8-14)17(19-2)15-9-4-5-10-16(15)18/h4-5,9-10,13-14,17,19H,6-8,11-12H2,1-3H3. The smallest absolute Gasteiger partial charge is 0.127 e. The maximum atomic E-state index is 13.9. The number of nitrogens with zero attached hydrogens (tertiary/aromatic N) is 1. The molecule has 2 rings (SSSR count). The molecule has 0 saturated heterocycles. The Morgan fingerprint density at radius 2 is 2.05 bits per heavy atom. The quantitative estimate of drug-likeness (QED) is 0.822. The van der Waals surface area contributed by atoms with Crippen LogP contribution in [0, 0.1) is 17.7 Å². The van der Waals surface area contributed by atoms with Crippen molar-refractivity contribution in [2.75, 3.05) is 27.2 Å². The van der Waals surface area contributed by atoms with E-state index in [0.29, 0.717) is 5.92 Å². The zero-order valence-electron chi connectivity index (χ0n) is 12.9. The predicted molar refractivity (Wildman–Crippen MR) is 82.2 cm³/mol. The topological polar surface area (TPSA) is 15.3 Å².